The number of primary amides is 1. The standard InChI is InChI=1S/C24H25N3O3/c1-2-30-19-9-7-17(8-10-19)24(29)27-13-11-16(12-14-27)22-20(23(25)28)15-18-5-3-4-6-21(18)26-22/h3-10,15-16H,2,11-14H2,1H3,(H2,25,28). The van der Waals surface area contributed by atoms with Crippen LogP contribution in [0.4, 0.5) is 0 Å². The Morgan fingerprint density at radius 3 is 2.47 bits per heavy atom. The number of carbonyl (C=O) groups excluding carboxylic acids is 2. The Morgan fingerprint density at radius 2 is 1.80 bits per heavy atom. The van der Waals surface area contributed by atoms with E-state index in [2.05, 4.69) is 0 Å². The Bertz CT molecular complexity index is 1070. The Hall–Kier alpha value is -3.41. The number of para-hydroxylation sites is 1. The molecule has 2 amide bonds. The third kappa shape index (κ3) is 3.99. The van der Waals surface area contributed by atoms with Crippen molar-refractivity contribution < 1.29 is 14.3 Å². The van der Waals surface area contributed by atoms with Gasteiger partial charge in [0.05, 0.1) is 23.4 Å². The molecular weight excluding hydrogens is 378 g/mol. The van der Waals surface area contributed by atoms with Crippen molar-refractivity contribution in [2.45, 2.75) is 25.7 Å². The van der Waals surface area contributed by atoms with Crippen LogP contribution in [-0.4, -0.2) is 41.4 Å². The summed E-state index contributed by atoms with van der Waals surface area (Å²) < 4.78 is 5.44. The van der Waals surface area contributed by atoms with Gasteiger partial charge in [0.25, 0.3) is 11.8 Å². The Kier molecular flexibility index (Phi) is 5.65. The fourth-order valence-electron chi connectivity index (χ4n) is 4.04. The number of benzene rings is 2. The number of aromatic nitrogens is 1. The smallest absolute Gasteiger partial charge is 0.253 e. The van der Waals surface area contributed by atoms with Crippen LogP contribution in [0.15, 0.2) is 54.6 Å². The molecule has 0 aliphatic carbocycles. The lowest BCUT2D eigenvalue weighted by Gasteiger charge is -2.32. The van der Waals surface area contributed by atoms with Gasteiger partial charge in [-0.05, 0) is 56.2 Å². The van der Waals surface area contributed by atoms with Gasteiger partial charge in [-0.25, -0.2) is 0 Å². The maximum atomic E-state index is 12.9. The van der Waals surface area contributed by atoms with Gasteiger partial charge in [-0.2, -0.15) is 0 Å². The van der Waals surface area contributed by atoms with Gasteiger partial charge in [0.15, 0.2) is 0 Å². The highest BCUT2D eigenvalue weighted by Gasteiger charge is 2.28. The molecule has 2 heterocycles. The fourth-order valence-corrected chi connectivity index (χ4v) is 4.04. The third-order valence-corrected chi connectivity index (χ3v) is 5.60. The summed E-state index contributed by atoms with van der Waals surface area (Å²) in [5.41, 5.74) is 8.37. The number of hydrogen-bond donors (Lipinski definition) is 1. The highest BCUT2D eigenvalue weighted by atomic mass is 16.5. The SMILES string of the molecule is CCOc1ccc(C(=O)N2CCC(c3nc4ccccc4cc3C(N)=O)CC2)cc1. The van der Waals surface area contributed by atoms with Crippen LogP contribution in [0.2, 0.25) is 0 Å². The molecule has 2 aromatic carbocycles. The van der Waals surface area contributed by atoms with Crippen LogP contribution in [0.1, 0.15) is 52.1 Å². The lowest BCUT2D eigenvalue weighted by Crippen LogP contribution is -2.38. The van der Waals surface area contributed by atoms with Crippen LogP contribution in [0, 0.1) is 0 Å². The van der Waals surface area contributed by atoms with Crippen molar-refractivity contribution in [2.24, 2.45) is 5.73 Å². The second-order valence-corrected chi connectivity index (χ2v) is 7.50. The van der Waals surface area contributed by atoms with Crippen LogP contribution in [0.5, 0.6) is 5.75 Å². The molecule has 30 heavy (non-hydrogen) atoms. The number of hydrogen-bond acceptors (Lipinski definition) is 4. The van der Waals surface area contributed by atoms with Crippen LogP contribution in [-0.2, 0) is 0 Å². The van der Waals surface area contributed by atoms with Gasteiger partial charge in [0, 0.05) is 30.0 Å². The Morgan fingerprint density at radius 1 is 1.10 bits per heavy atom. The second-order valence-electron chi connectivity index (χ2n) is 7.50. The summed E-state index contributed by atoms with van der Waals surface area (Å²) in [4.78, 5) is 31.5. The average Bonchev–Trinajstić information content (AvgIpc) is 2.78. The number of piperidine rings is 1. The lowest BCUT2D eigenvalue weighted by molar-refractivity contribution is 0.0711. The summed E-state index contributed by atoms with van der Waals surface area (Å²) >= 11 is 0. The highest BCUT2D eigenvalue weighted by molar-refractivity contribution is 5.98. The van der Waals surface area contributed by atoms with Crippen molar-refractivity contribution >= 4 is 22.7 Å². The maximum absolute atomic E-state index is 12.9. The van der Waals surface area contributed by atoms with E-state index >= 15 is 0 Å². The third-order valence-electron chi connectivity index (χ3n) is 5.60. The molecule has 6 nitrogen and oxygen atoms in total. The van der Waals surface area contributed by atoms with Crippen molar-refractivity contribution in [3.8, 4) is 5.75 Å². The predicted molar refractivity (Wildman–Crippen MR) is 116 cm³/mol. The van der Waals surface area contributed by atoms with Gasteiger partial charge in [-0.1, -0.05) is 18.2 Å². The zero-order valence-corrected chi connectivity index (χ0v) is 17.0. The first-order valence-corrected chi connectivity index (χ1v) is 10.3. The average molecular weight is 403 g/mol. The number of ether oxygens (including phenoxy) is 1. The highest BCUT2D eigenvalue weighted by Crippen LogP contribution is 2.31. The molecule has 0 unspecified atom stereocenters. The summed E-state index contributed by atoms with van der Waals surface area (Å²) in [5, 5.41) is 0.901. The quantitative estimate of drug-likeness (QED) is 0.703. The largest absolute Gasteiger partial charge is 0.494 e. The van der Waals surface area contributed by atoms with Gasteiger partial charge in [-0.3, -0.25) is 14.6 Å². The zero-order chi connectivity index (χ0) is 21.1. The summed E-state index contributed by atoms with van der Waals surface area (Å²) in [6.45, 7) is 3.75. The molecule has 1 fully saturated rings. The summed E-state index contributed by atoms with van der Waals surface area (Å²) in [6, 6.07) is 16.8. The maximum Gasteiger partial charge on any atom is 0.253 e. The van der Waals surface area contributed by atoms with E-state index in [9.17, 15) is 9.59 Å². The second kappa shape index (κ2) is 8.53. The number of amides is 2. The normalized spacial score (nSPS) is 14.6. The molecule has 0 saturated carbocycles. The minimum absolute atomic E-state index is 0.0121. The van der Waals surface area contributed by atoms with E-state index in [1.54, 1.807) is 12.1 Å². The summed E-state index contributed by atoms with van der Waals surface area (Å²) in [7, 11) is 0. The number of nitrogens with zero attached hydrogens (tertiary/aromatic N) is 2. The minimum Gasteiger partial charge on any atom is -0.494 e. The van der Waals surface area contributed by atoms with Crippen LogP contribution in [0.25, 0.3) is 10.9 Å². The molecule has 3 aromatic rings. The molecule has 0 bridgehead atoms. The summed E-state index contributed by atoms with van der Waals surface area (Å²) in [5.74, 6) is 0.407. The molecule has 1 aromatic heterocycles. The molecule has 1 saturated heterocycles. The van der Waals surface area contributed by atoms with Crippen molar-refractivity contribution in [1.82, 2.24) is 9.88 Å². The molecule has 0 spiro atoms. The molecule has 1 aliphatic rings. The van der Waals surface area contributed by atoms with Gasteiger partial charge in [0.2, 0.25) is 0 Å². The number of nitrogens with two attached hydrogens (primary N) is 1. The van der Waals surface area contributed by atoms with E-state index in [-0.39, 0.29) is 11.8 Å². The number of likely N-dealkylation sites (tertiary alicyclic amines) is 1. The van der Waals surface area contributed by atoms with Crippen molar-refractivity contribution in [3.05, 3.63) is 71.4 Å². The van der Waals surface area contributed by atoms with Crippen molar-refractivity contribution in [1.29, 1.82) is 0 Å². The monoisotopic (exact) mass is 403 g/mol. The topological polar surface area (TPSA) is 85.5 Å². The molecule has 0 atom stereocenters. The van der Waals surface area contributed by atoms with E-state index in [4.69, 9.17) is 15.5 Å². The van der Waals surface area contributed by atoms with E-state index in [1.165, 1.54) is 0 Å². The minimum atomic E-state index is -0.462. The first kappa shape index (κ1) is 19.9. The molecule has 4 rings (SSSR count). The first-order chi connectivity index (χ1) is 14.6. The van der Waals surface area contributed by atoms with Crippen LogP contribution >= 0.6 is 0 Å². The van der Waals surface area contributed by atoms with Gasteiger partial charge < -0.3 is 15.4 Å². The first-order valence-electron chi connectivity index (χ1n) is 10.3. The number of fused-ring (bicyclic) bond motifs is 1. The molecule has 2 N–H and O–H groups in total. The molecule has 6 heteroatoms. The van der Waals surface area contributed by atoms with E-state index in [0.29, 0.717) is 30.8 Å². The van der Waals surface area contributed by atoms with E-state index in [1.807, 2.05) is 54.3 Å². The number of carbonyl (C=O) groups is 2. The van der Waals surface area contributed by atoms with Crippen LogP contribution < -0.4 is 10.5 Å². The van der Waals surface area contributed by atoms with Gasteiger partial charge in [0.1, 0.15) is 5.75 Å². The Balaban J connectivity index is 1.49. The fraction of sp³-hybridized carbons (Fsp3) is 0.292. The van der Waals surface area contributed by atoms with Gasteiger partial charge in [-0.15, -0.1) is 0 Å². The predicted octanol–water partition coefficient (Wildman–Crippen LogP) is 3.75. The zero-order valence-electron chi connectivity index (χ0n) is 17.0. The van der Waals surface area contributed by atoms with Crippen LogP contribution in [0.3, 0.4) is 0 Å². The number of rotatable bonds is 5. The van der Waals surface area contributed by atoms with E-state index < -0.39 is 5.91 Å². The number of pyridine rings is 1. The van der Waals surface area contributed by atoms with Crippen molar-refractivity contribution in [3.63, 3.8) is 0 Å². The van der Waals surface area contributed by atoms with Crippen molar-refractivity contribution in [2.75, 3.05) is 19.7 Å². The molecule has 1 aliphatic heterocycles. The molecule has 154 valence electrons. The Labute approximate surface area is 175 Å². The molecular formula is C24H25N3O3. The van der Waals surface area contributed by atoms with E-state index in [0.717, 1.165) is 35.2 Å². The lowest BCUT2D eigenvalue weighted by atomic mass is 9.89. The summed E-state index contributed by atoms with van der Waals surface area (Å²) in [6.07, 6.45) is 1.49. The molecule has 0 radical (unpaired) electrons. The van der Waals surface area contributed by atoms with Gasteiger partial charge >= 0.3 is 0 Å².